The standard InChI is InChI=1S/C20H18/c1-2-3-4-5-12-17-20(18-13-8-6-9-14-18)19-15-10-7-11-16-19/h2-17H,1H2. The molecule has 0 saturated heterocycles. The van der Waals surface area contributed by atoms with Crippen molar-refractivity contribution in [2.24, 2.45) is 0 Å². The molecule has 0 nitrogen and oxygen atoms in total. The van der Waals surface area contributed by atoms with Gasteiger partial charge in [0.25, 0.3) is 0 Å². The average molecular weight is 258 g/mol. The van der Waals surface area contributed by atoms with Crippen LogP contribution in [0.4, 0.5) is 0 Å². The van der Waals surface area contributed by atoms with Crippen molar-refractivity contribution in [3.63, 3.8) is 0 Å². The highest BCUT2D eigenvalue weighted by atomic mass is 14.1. The Morgan fingerprint density at radius 1 is 0.650 bits per heavy atom. The molecule has 2 aromatic rings. The highest BCUT2D eigenvalue weighted by molar-refractivity contribution is 5.80. The van der Waals surface area contributed by atoms with Crippen molar-refractivity contribution in [3.05, 3.63) is 115 Å². The number of hydrogen-bond acceptors (Lipinski definition) is 0. The fraction of sp³-hybridized carbons (Fsp3) is 0. The summed E-state index contributed by atoms with van der Waals surface area (Å²) in [4.78, 5) is 0. The molecule has 0 heteroatoms. The molecule has 0 amide bonds. The summed E-state index contributed by atoms with van der Waals surface area (Å²) >= 11 is 0. The monoisotopic (exact) mass is 258 g/mol. The van der Waals surface area contributed by atoms with Crippen molar-refractivity contribution in [1.82, 2.24) is 0 Å². The number of allylic oxidation sites excluding steroid dienone is 6. The van der Waals surface area contributed by atoms with Gasteiger partial charge in [0, 0.05) is 0 Å². The Hall–Kier alpha value is -2.60. The van der Waals surface area contributed by atoms with Crippen molar-refractivity contribution in [2.75, 3.05) is 0 Å². The van der Waals surface area contributed by atoms with Crippen LogP contribution < -0.4 is 0 Å². The van der Waals surface area contributed by atoms with Gasteiger partial charge < -0.3 is 0 Å². The van der Waals surface area contributed by atoms with Crippen LogP contribution in [0.5, 0.6) is 0 Å². The van der Waals surface area contributed by atoms with Gasteiger partial charge in [0.1, 0.15) is 0 Å². The van der Waals surface area contributed by atoms with Crippen LogP contribution in [0, 0.1) is 0 Å². The Morgan fingerprint density at radius 2 is 1.15 bits per heavy atom. The molecule has 0 spiro atoms. The van der Waals surface area contributed by atoms with Gasteiger partial charge in [0.2, 0.25) is 0 Å². The third-order valence-corrected chi connectivity index (χ3v) is 2.90. The Morgan fingerprint density at radius 3 is 1.65 bits per heavy atom. The zero-order valence-electron chi connectivity index (χ0n) is 11.4. The molecule has 0 aliphatic heterocycles. The van der Waals surface area contributed by atoms with E-state index in [2.05, 4.69) is 67.3 Å². The van der Waals surface area contributed by atoms with Gasteiger partial charge in [-0.3, -0.25) is 0 Å². The predicted molar refractivity (Wildman–Crippen MR) is 88.4 cm³/mol. The van der Waals surface area contributed by atoms with Crippen LogP contribution in [-0.4, -0.2) is 0 Å². The summed E-state index contributed by atoms with van der Waals surface area (Å²) in [7, 11) is 0. The molecule has 0 fully saturated rings. The summed E-state index contributed by atoms with van der Waals surface area (Å²) in [5, 5.41) is 0. The van der Waals surface area contributed by atoms with Crippen LogP contribution in [0.3, 0.4) is 0 Å². The van der Waals surface area contributed by atoms with Gasteiger partial charge in [-0.1, -0.05) is 104 Å². The molecule has 0 unspecified atom stereocenters. The van der Waals surface area contributed by atoms with Crippen LogP contribution in [-0.2, 0) is 0 Å². The minimum absolute atomic E-state index is 1.22. The molecule has 0 aliphatic carbocycles. The first-order valence-corrected chi connectivity index (χ1v) is 6.68. The van der Waals surface area contributed by atoms with E-state index in [1.807, 2.05) is 30.4 Å². The first-order chi connectivity index (χ1) is 9.92. The molecule has 20 heavy (non-hydrogen) atoms. The predicted octanol–water partition coefficient (Wildman–Crippen LogP) is 5.42. The topological polar surface area (TPSA) is 0 Å². The summed E-state index contributed by atoms with van der Waals surface area (Å²) in [6, 6.07) is 20.8. The number of hydrogen-bond donors (Lipinski definition) is 0. The van der Waals surface area contributed by atoms with E-state index in [4.69, 9.17) is 0 Å². The molecule has 0 aromatic heterocycles. The first kappa shape index (κ1) is 13.8. The molecule has 0 atom stereocenters. The minimum atomic E-state index is 1.22. The molecule has 0 aliphatic rings. The number of rotatable bonds is 5. The lowest BCUT2D eigenvalue weighted by atomic mass is 9.97. The van der Waals surface area contributed by atoms with Crippen molar-refractivity contribution in [3.8, 4) is 0 Å². The molecule has 2 aromatic carbocycles. The van der Waals surface area contributed by atoms with E-state index in [1.165, 1.54) is 16.7 Å². The van der Waals surface area contributed by atoms with E-state index < -0.39 is 0 Å². The van der Waals surface area contributed by atoms with E-state index in [0.29, 0.717) is 0 Å². The molecule has 0 radical (unpaired) electrons. The summed E-state index contributed by atoms with van der Waals surface area (Å²) in [6.45, 7) is 3.65. The second-order valence-electron chi connectivity index (χ2n) is 4.32. The molecule has 98 valence electrons. The van der Waals surface area contributed by atoms with Crippen LogP contribution in [0.2, 0.25) is 0 Å². The largest absolute Gasteiger partial charge is 0.0991 e. The maximum atomic E-state index is 3.65. The molecule has 0 saturated carbocycles. The Kier molecular flexibility index (Phi) is 5.36. The zero-order valence-corrected chi connectivity index (χ0v) is 11.4. The van der Waals surface area contributed by atoms with Crippen molar-refractivity contribution >= 4 is 5.57 Å². The van der Waals surface area contributed by atoms with Crippen molar-refractivity contribution in [1.29, 1.82) is 0 Å². The second kappa shape index (κ2) is 7.75. The molecular formula is C20H18. The normalized spacial score (nSPS) is 10.8. The van der Waals surface area contributed by atoms with E-state index in [0.717, 1.165) is 0 Å². The lowest BCUT2D eigenvalue weighted by Gasteiger charge is -2.07. The third kappa shape index (κ3) is 3.96. The van der Waals surface area contributed by atoms with Gasteiger partial charge in [0.15, 0.2) is 0 Å². The first-order valence-electron chi connectivity index (χ1n) is 6.68. The lowest BCUT2D eigenvalue weighted by Crippen LogP contribution is -1.86. The molecule has 0 N–H and O–H groups in total. The van der Waals surface area contributed by atoms with Crippen LogP contribution in [0.15, 0.2) is 104 Å². The fourth-order valence-corrected chi connectivity index (χ4v) is 1.95. The fourth-order valence-electron chi connectivity index (χ4n) is 1.95. The van der Waals surface area contributed by atoms with E-state index in [9.17, 15) is 0 Å². The van der Waals surface area contributed by atoms with E-state index in [-0.39, 0.29) is 0 Å². The Balaban J connectivity index is 2.35. The lowest BCUT2D eigenvalue weighted by molar-refractivity contribution is 1.55. The summed E-state index contributed by atoms with van der Waals surface area (Å²) in [5.41, 5.74) is 3.65. The smallest absolute Gasteiger partial charge is 0.0111 e. The molecular weight excluding hydrogens is 240 g/mol. The van der Waals surface area contributed by atoms with Gasteiger partial charge in [0.05, 0.1) is 0 Å². The molecule has 2 rings (SSSR count). The maximum absolute atomic E-state index is 3.65. The molecule has 0 heterocycles. The molecule has 0 bridgehead atoms. The van der Waals surface area contributed by atoms with Gasteiger partial charge in [-0.05, 0) is 16.7 Å². The van der Waals surface area contributed by atoms with Gasteiger partial charge in [-0.25, -0.2) is 0 Å². The summed E-state index contributed by atoms with van der Waals surface area (Å²) in [5.74, 6) is 0. The average Bonchev–Trinajstić information content (AvgIpc) is 2.53. The summed E-state index contributed by atoms with van der Waals surface area (Å²) < 4.78 is 0. The minimum Gasteiger partial charge on any atom is -0.0991 e. The van der Waals surface area contributed by atoms with E-state index >= 15 is 0 Å². The highest BCUT2D eigenvalue weighted by Gasteiger charge is 2.02. The van der Waals surface area contributed by atoms with Crippen LogP contribution in [0.25, 0.3) is 5.57 Å². The van der Waals surface area contributed by atoms with Crippen molar-refractivity contribution < 1.29 is 0 Å². The highest BCUT2D eigenvalue weighted by Crippen LogP contribution is 2.23. The third-order valence-electron chi connectivity index (χ3n) is 2.90. The van der Waals surface area contributed by atoms with Crippen LogP contribution >= 0.6 is 0 Å². The van der Waals surface area contributed by atoms with Gasteiger partial charge in [-0.15, -0.1) is 0 Å². The van der Waals surface area contributed by atoms with Gasteiger partial charge in [-0.2, -0.15) is 0 Å². The Bertz CT molecular complexity index is 572. The number of benzene rings is 2. The summed E-state index contributed by atoms with van der Waals surface area (Å²) in [6.07, 6.45) is 11.8. The zero-order chi connectivity index (χ0) is 14.0. The van der Waals surface area contributed by atoms with Crippen molar-refractivity contribution in [2.45, 2.75) is 0 Å². The van der Waals surface area contributed by atoms with Gasteiger partial charge >= 0.3 is 0 Å². The Labute approximate surface area is 121 Å². The quantitative estimate of drug-likeness (QED) is 0.628. The maximum Gasteiger partial charge on any atom is -0.0111 e. The van der Waals surface area contributed by atoms with E-state index in [1.54, 1.807) is 6.08 Å². The van der Waals surface area contributed by atoms with Crippen LogP contribution in [0.1, 0.15) is 11.1 Å². The second-order valence-corrected chi connectivity index (χ2v) is 4.32. The SMILES string of the molecule is C=CC=CC=CC=C(c1ccccc1)c1ccccc1.